The van der Waals surface area contributed by atoms with Crippen LogP contribution < -0.4 is 20.9 Å². The molecule has 19 heteroatoms. The molecule has 0 aliphatic carbocycles. The van der Waals surface area contributed by atoms with Gasteiger partial charge in [0.1, 0.15) is 17.7 Å². The molecule has 3 atom stereocenters. The number of rotatable bonds is 14. The maximum absolute atomic E-state index is 15.1. The summed E-state index contributed by atoms with van der Waals surface area (Å²) in [5, 5.41) is 18.5. The van der Waals surface area contributed by atoms with Crippen molar-refractivity contribution in [3.63, 3.8) is 0 Å². The fourth-order valence-corrected chi connectivity index (χ4v) is 6.69. The normalized spacial score (nSPS) is 16.4. The summed E-state index contributed by atoms with van der Waals surface area (Å²) in [7, 11) is 0.936. The number of carbonyl (C=O) groups excluding carboxylic acids is 2. The lowest BCUT2D eigenvalue weighted by Gasteiger charge is -2.42. The summed E-state index contributed by atoms with van der Waals surface area (Å²) in [6.45, 7) is 5.71. The Morgan fingerprint density at radius 1 is 0.934 bits per heavy atom. The predicted molar refractivity (Wildman–Crippen MR) is 213 cm³/mol. The highest BCUT2D eigenvalue weighted by atomic mass is 19.4. The molecule has 2 amide bonds. The van der Waals surface area contributed by atoms with Gasteiger partial charge in [-0.3, -0.25) is 9.69 Å². The lowest BCUT2D eigenvalue weighted by molar-refractivity contribution is -0.220. The number of hydrogen-bond donors (Lipinski definition) is 4. The fraction of sp³-hybridized carbons (Fsp3) is 0.429. The van der Waals surface area contributed by atoms with Gasteiger partial charge in [0, 0.05) is 80.7 Å². The van der Waals surface area contributed by atoms with Crippen LogP contribution in [0.2, 0.25) is 0 Å². The summed E-state index contributed by atoms with van der Waals surface area (Å²) in [5.74, 6) is 3.75. The van der Waals surface area contributed by atoms with Crippen LogP contribution in [0.15, 0.2) is 67.3 Å². The highest BCUT2D eigenvalue weighted by molar-refractivity contribution is 5.87. The van der Waals surface area contributed by atoms with Crippen molar-refractivity contribution in [2.75, 3.05) is 57.9 Å². The number of piperazine rings is 1. The summed E-state index contributed by atoms with van der Waals surface area (Å²) in [4.78, 5) is 47.3. The molecule has 2 aromatic carbocycles. The number of alkyl carbamates (subject to hydrolysis) is 1. The van der Waals surface area contributed by atoms with Gasteiger partial charge in [-0.2, -0.15) is 13.2 Å². The summed E-state index contributed by atoms with van der Waals surface area (Å²) >= 11 is 0. The van der Waals surface area contributed by atoms with Gasteiger partial charge in [0.2, 0.25) is 11.9 Å². The van der Waals surface area contributed by atoms with E-state index in [9.17, 15) is 27.9 Å². The Morgan fingerprint density at radius 2 is 1.56 bits per heavy atom. The largest absolute Gasteiger partial charge is 0.453 e. The van der Waals surface area contributed by atoms with Gasteiger partial charge >= 0.3 is 12.3 Å². The van der Waals surface area contributed by atoms with Crippen LogP contribution in [-0.4, -0.2) is 125 Å². The van der Waals surface area contributed by atoms with Crippen LogP contribution in [-0.2, 0) is 27.2 Å². The molecule has 2 fully saturated rings. The third-order valence-electron chi connectivity index (χ3n) is 10.7. The number of nitrogens with zero attached hydrogens (tertiary/aromatic N) is 6. The van der Waals surface area contributed by atoms with Crippen LogP contribution in [0.25, 0.3) is 11.4 Å². The number of aliphatic hydroxyl groups is 1. The van der Waals surface area contributed by atoms with E-state index >= 15 is 8.78 Å². The van der Waals surface area contributed by atoms with E-state index in [0.29, 0.717) is 28.7 Å². The van der Waals surface area contributed by atoms with Crippen LogP contribution in [0.5, 0.6) is 0 Å². The van der Waals surface area contributed by atoms with Gasteiger partial charge in [0.05, 0.1) is 49.5 Å². The highest BCUT2D eigenvalue weighted by Crippen LogP contribution is 2.40. The molecular weight excluding hydrogens is 806 g/mol. The number of nitrogens with one attached hydrogen (secondary N) is 3. The van der Waals surface area contributed by atoms with Crippen molar-refractivity contribution in [2.24, 2.45) is 5.41 Å². The van der Waals surface area contributed by atoms with Crippen molar-refractivity contribution >= 4 is 17.9 Å². The Morgan fingerprint density at radius 3 is 2.13 bits per heavy atom. The van der Waals surface area contributed by atoms with Gasteiger partial charge in [-0.25, -0.2) is 33.5 Å². The van der Waals surface area contributed by atoms with E-state index in [1.165, 1.54) is 12.4 Å². The highest BCUT2D eigenvalue weighted by Gasteiger charge is 2.56. The number of amides is 2. The Hall–Kier alpha value is -5.81. The third-order valence-corrected chi connectivity index (χ3v) is 10.7. The molecule has 0 saturated carbocycles. The quantitative estimate of drug-likeness (QED) is 0.108. The Kier molecular flexibility index (Phi) is 14.5. The molecule has 0 bridgehead atoms. The monoisotopic (exact) mass is 851 g/mol. The van der Waals surface area contributed by atoms with E-state index in [1.54, 1.807) is 42.7 Å². The first-order valence-electron chi connectivity index (χ1n) is 19.5. The molecule has 14 nitrogen and oxygen atoms in total. The van der Waals surface area contributed by atoms with E-state index in [1.807, 2.05) is 5.32 Å². The second-order valence-corrected chi connectivity index (χ2v) is 15.2. The smallest absolute Gasteiger partial charge is 0.407 e. The molecule has 324 valence electrons. The van der Waals surface area contributed by atoms with Crippen molar-refractivity contribution in [3.8, 4) is 23.2 Å². The second kappa shape index (κ2) is 19.7. The third kappa shape index (κ3) is 11.3. The molecule has 4 heterocycles. The number of anilines is 1. The lowest BCUT2D eigenvalue weighted by Crippen LogP contribution is -2.62. The SMILES string of the molecule is COC(=O)NC(C(=O)N[C@@H](Cc1ccc(C#Cc2cnc(N3CCN(C4COC4)CC3)nc2)cc1)[C@@H](O)CNCc1c(F)cc(-c2ncccn2)cc1F)C(C)(C)C(F)(F)F. The Labute approximate surface area is 349 Å². The van der Waals surface area contributed by atoms with Crippen molar-refractivity contribution < 1.29 is 46.1 Å². The molecule has 6 rings (SSSR count). The second-order valence-electron chi connectivity index (χ2n) is 15.2. The fourth-order valence-electron chi connectivity index (χ4n) is 6.69. The van der Waals surface area contributed by atoms with Crippen LogP contribution in [0.4, 0.5) is 32.7 Å². The number of alkyl halides is 3. The average molecular weight is 852 g/mol. The maximum atomic E-state index is 15.1. The average Bonchev–Trinajstić information content (AvgIpc) is 3.22. The molecule has 61 heavy (non-hydrogen) atoms. The minimum Gasteiger partial charge on any atom is -0.453 e. The summed E-state index contributed by atoms with van der Waals surface area (Å²) in [6, 6.07) is 7.47. The molecule has 2 aliphatic heterocycles. The van der Waals surface area contributed by atoms with Crippen molar-refractivity contribution in [1.82, 2.24) is 40.8 Å². The molecule has 4 N–H and O–H groups in total. The van der Waals surface area contributed by atoms with Crippen molar-refractivity contribution in [1.29, 1.82) is 0 Å². The zero-order chi connectivity index (χ0) is 43.7. The van der Waals surface area contributed by atoms with E-state index in [2.05, 4.69) is 56.9 Å². The number of benzene rings is 2. The van der Waals surface area contributed by atoms with Crippen LogP contribution in [0.1, 0.15) is 36.1 Å². The summed E-state index contributed by atoms with van der Waals surface area (Å²) < 4.78 is 82.5. The number of ether oxygens (including phenoxy) is 2. The van der Waals surface area contributed by atoms with Gasteiger partial charge in [0.15, 0.2) is 5.82 Å². The molecule has 0 spiro atoms. The minimum atomic E-state index is -4.95. The van der Waals surface area contributed by atoms with Gasteiger partial charge in [0.25, 0.3) is 0 Å². The molecule has 4 aromatic rings. The molecule has 2 saturated heterocycles. The molecule has 0 radical (unpaired) electrons. The van der Waals surface area contributed by atoms with Crippen molar-refractivity contribution in [2.45, 2.75) is 57.2 Å². The summed E-state index contributed by atoms with van der Waals surface area (Å²) in [6.07, 6.45) is -1.69. The molecular formula is C42H46F5N9O5. The summed E-state index contributed by atoms with van der Waals surface area (Å²) in [5.41, 5.74) is -1.27. The topological polar surface area (TPSA) is 167 Å². The zero-order valence-electron chi connectivity index (χ0n) is 33.7. The maximum Gasteiger partial charge on any atom is 0.407 e. The number of carbonyl (C=O) groups is 2. The zero-order valence-corrected chi connectivity index (χ0v) is 33.7. The lowest BCUT2D eigenvalue weighted by atomic mass is 9.82. The first kappa shape index (κ1) is 44.7. The van der Waals surface area contributed by atoms with E-state index in [4.69, 9.17) is 4.74 Å². The van der Waals surface area contributed by atoms with Gasteiger partial charge in [-0.05, 0) is 56.2 Å². The van der Waals surface area contributed by atoms with Gasteiger partial charge in [-0.1, -0.05) is 24.0 Å². The molecule has 1 unspecified atom stereocenters. The van der Waals surface area contributed by atoms with Gasteiger partial charge in [-0.15, -0.1) is 0 Å². The van der Waals surface area contributed by atoms with Crippen LogP contribution >= 0.6 is 0 Å². The Bertz CT molecular complexity index is 2150. The van der Waals surface area contributed by atoms with Crippen LogP contribution in [0, 0.1) is 28.9 Å². The van der Waals surface area contributed by atoms with E-state index in [-0.39, 0.29) is 29.9 Å². The number of hydrogen-bond acceptors (Lipinski definition) is 12. The molecule has 2 aromatic heterocycles. The predicted octanol–water partition coefficient (Wildman–Crippen LogP) is 3.62. The number of halogens is 5. The van der Waals surface area contributed by atoms with E-state index < -0.39 is 60.0 Å². The number of aromatic nitrogens is 4. The minimum absolute atomic E-state index is 0.105. The van der Waals surface area contributed by atoms with Gasteiger partial charge < -0.3 is 35.4 Å². The molecule has 2 aliphatic rings. The number of aliphatic hydroxyl groups excluding tert-OH is 1. The Balaban J connectivity index is 1.13. The first-order chi connectivity index (χ1) is 29.1. The standard InChI is InChI=1S/C42H46F5N9O5/c1-41(2,42(45,46)47)36(54-40(59)60-3)38(58)53-34(35(57)23-48-22-31-32(43)18-29(19-33(31)44)37-49-11-4-12-50-37)17-27-8-5-26(6-9-27)7-10-28-20-51-39(52-21-28)56-15-13-55(14-16-56)30-24-61-25-30/h4-6,8-9,11-12,18-21,30,34-36,48,57H,13-17,22-25H2,1-3H3,(H,53,58)(H,54,59)/t34-,35-,36?/m0/s1. The van der Waals surface area contributed by atoms with Crippen LogP contribution in [0.3, 0.4) is 0 Å². The number of methoxy groups -OCH3 is 1. The van der Waals surface area contributed by atoms with Crippen molar-refractivity contribution in [3.05, 3.63) is 101 Å². The first-order valence-corrected chi connectivity index (χ1v) is 19.5. The van der Waals surface area contributed by atoms with E-state index in [0.717, 1.165) is 72.5 Å².